The minimum absolute atomic E-state index is 0.0160. The third-order valence-electron chi connectivity index (χ3n) is 4.56. The van der Waals surface area contributed by atoms with E-state index in [2.05, 4.69) is 10.1 Å². The smallest absolute Gasteiger partial charge is 0.259 e. The van der Waals surface area contributed by atoms with E-state index >= 15 is 0 Å². The molecule has 1 aliphatic heterocycles. The number of carbonyl (C=O) groups excluding carboxylic acids is 1. The molecule has 26 heavy (non-hydrogen) atoms. The van der Waals surface area contributed by atoms with Gasteiger partial charge in [-0.2, -0.15) is 4.98 Å². The van der Waals surface area contributed by atoms with Crippen LogP contribution in [0, 0.1) is 0 Å². The molecule has 132 valence electrons. The normalized spacial score (nSPS) is 13.8. The van der Waals surface area contributed by atoms with Gasteiger partial charge in [-0.1, -0.05) is 17.3 Å². The van der Waals surface area contributed by atoms with Crippen LogP contribution >= 0.6 is 0 Å². The van der Waals surface area contributed by atoms with Gasteiger partial charge in [-0.25, -0.2) is 0 Å². The Labute approximate surface area is 151 Å². The Morgan fingerprint density at radius 3 is 2.54 bits per heavy atom. The van der Waals surface area contributed by atoms with Crippen molar-refractivity contribution in [3.8, 4) is 28.6 Å². The first-order valence-electron chi connectivity index (χ1n) is 8.63. The molecule has 1 saturated heterocycles. The zero-order chi connectivity index (χ0) is 17.9. The standard InChI is InChI=1S/C20H19N3O3/c1-25-15-10-8-14(9-11-15)18-21-19(26-22-18)16-6-2-3-7-17(16)20(24)23-12-4-5-13-23/h2-3,6-11H,4-5,12-13H2,1H3. The maximum Gasteiger partial charge on any atom is 0.259 e. The minimum atomic E-state index is 0.0160. The Balaban J connectivity index is 1.66. The average molecular weight is 349 g/mol. The molecule has 0 N–H and O–H groups in total. The Morgan fingerprint density at radius 1 is 1.08 bits per heavy atom. The third-order valence-corrected chi connectivity index (χ3v) is 4.56. The summed E-state index contributed by atoms with van der Waals surface area (Å²) in [7, 11) is 1.62. The summed E-state index contributed by atoms with van der Waals surface area (Å²) in [4.78, 5) is 19.2. The zero-order valence-corrected chi connectivity index (χ0v) is 14.5. The van der Waals surface area contributed by atoms with Crippen molar-refractivity contribution in [2.75, 3.05) is 20.2 Å². The van der Waals surface area contributed by atoms with Gasteiger partial charge in [0, 0.05) is 18.7 Å². The fourth-order valence-corrected chi connectivity index (χ4v) is 3.14. The highest BCUT2D eigenvalue weighted by atomic mass is 16.5. The number of likely N-dealkylation sites (tertiary alicyclic amines) is 1. The molecule has 0 radical (unpaired) electrons. The number of aromatic nitrogens is 2. The summed E-state index contributed by atoms with van der Waals surface area (Å²) in [6.45, 7) is 1.60. The van der Waals surface area contributed by atoms with Crippen LogP contribution in [-0.2, 0) is 0 Å². The maximum atomic E-state index is 12.8. The number of carbonyl (C=O) groups is 1. The third kappa shape index (κ3) is 3.06. The molecule has 6 heteroatoms. The van der Waals surface area contributed by atoms with Gasteiger partial charge in [0.25, 0.3) is 11.8 Å². The van der Waals surface area contributed by atoms with E-state index in [1.807, 2.05) is 53.4 Å². The number of methoxy groups -OCH3 is 1. The predicted molar refractivity (Wildman–Crippen MR) is 96.9 cm³/mol. The summed E-state index contributed by atoms with van der Waals surface area (Å²) in [6.07, 6.45) is 2.10. The van der Waals surface area contributed by atoms with E-state index in [0.717, 1.165) is 37.2 Å². The van der Waals surface area contributed by atoms with Gasteiger partial charge in [0.05, 0.1) is 18.2 Å². The number of ether oxygens (including phenoxy) is 1. The van der Waals surface area contributed by atoms with Crippen LogP contribution in [0.1, 0.15) is 23.2 Å². The summed E-state index contributed by atoms with van der Waals surface area (Å²) >= 11 is 0. The first-order chi connectivity index (χ1) is 12.8. The molecule has 2 heterocycles. The second kappa shape index (κ2) is 7.00. The average Bonchev–Trinajstić information content (AvgIpc) is 3.40. The van der Waals surface area contributed by atoms with Crippen LogP contribution in [0.3, 0.4) is 0 Å². The number of amides is 1. The van der Waals surface area contributed by atoms with Gasteiger partial charge in [0.15, 0.2) is 0 Å². The Kier molecular flexibility index (Phi) is 4.39. The lowest BCUT2D eigenvalue weighted by atomic mass is 10.1. The summed E-state index contributed by atoms with van der Waals surface area (Å²) in [6, 6.07) is 14.8. The van der Waals surface area contributed by atoms with Crippen LogP contribution in [0.5, 0.6) is 5.75 Å². The highest BCUT2D eigenvalue weighted by Crippen LogP contribution is 2.27. The number of hydrogen-bond acceptors (Lipinski definition) is 5. The minimum Gasteiger partial charge on any atom is -0.497 e. The zero-order valence-electron chi connectivity index (χ0n) is 14.5. The van der Waals surface area contributed by atoms with Crippen LogP contribution in [0.25, 0.3) is 22.8 Å². The van der Waals surface area contributed by atoms with Crippen molar-refractivity contribution < 1.29 is 14.1 Å². The molecule has 2 aromatic carbocycles. The van der Waals surface area contributed by atoms with Crippen LogP contribution in [0.15, 0.2) is 53.1 Å². The summed E-state index contributed by atoms with van der Waals surface area (Å²) in [5.41, 5.74) is 2.08. The molecule has 6 nitrogen and oxygen atoms in total. The van der Waals surface area contributed by atoms with E-state index in [1.54, 1.807) is 7.11 Å². The maximum absolute atomic E-state index is 12.8. The molecular weight excluding hydrogens is 330 g/mol. The highest BCUT2D eigenvalue weighted by Gasteiger charge is 2.24. The molecule has 1 aromatic heterocycles. The number of benzene rings is 2. The molecule has 3 aromatic rings. The molecular formula is C20H19N3O3. The first kappa shape index (κ1) is 16.3. The lowest BCUT2D eigenvalue weighted by Crippen LogP contribution is -2.28. The van der Waals surface area contributed by atoms with Gasteiger partial charge in [-0.15, -0.1) is 0 Å². The van der Waals surface area contributed by atoms with Crippen molar-refractivity contribution in [2.45, 2.75) is 12.8 Å². The van der Waals surface area contributed by atoms with E-state index in [9.17, 15) is 4.79 Å². The molecule has 4 rings (SSSR count). The van der Waals surface area contributed by atoms with Crippen molar-refractivity contribution in [3.63, 3.8) is 0 Å². The number of nitrogens with zero attached hydrogens (tertiary/aromatic N) is 3. The fraction of sp³-hybridized carbons (Fsp3) is 0.250. The quantitative estimate of drug-likeness (QED) is 0.719. The molecule has 1 aliphatic rings. The monoisotopic (exact) mass is 349 g/mol. The Hall–Kier alpha value is -3.15. The first-order valence-corrected chi connectivity index (χ1v) is 8.63. The SMILES string of the molecule is COc1ccc(-c2noc(-c3ccccc3C(=O)N3CCCC3)n2)cc1. The van der Waals surface area contributed by atoms with Crippen molar-refractivity contribution in [1.29, 1.82) is 0 Å². The lowest BCUT2D eigenvalue weighted by molar-refractivity contribution is 0.0793. The number of hydrogen-bond donors (Lipinski definition) is 0. The van der Waals surface area contributed by atoms with Gasteiger partial charge in [-0.05, 0) is 49.2 Å². The Bertz CT molecular complexity index is 912. The molecule has 0 spiro atoms. The van der Waals surface area contributed by atoms with Gasteiger partial charge < -0.3 is 14.2 Å². The second-order valence-electron chi connectivity index (χ2n) is 6.20. The van der Waals surface area contributed by atoms with Crippen LogP contribution in [0.2, 0.25) is 0 Å². The van der Waals surface area contributed by atoms with Gasteiger partial charge in [0.2, 0.25) is 5.82 Å². The van der Waals surface area contributed by atoms with Gasteiger partial charge in [-0.3, -0.25) is 4.79 Å². The summed E-state index contributed by atoms with van der Waals surface area (Å²) < 4.78 is 10.6. The second-order valence-corrected chi connectivity index (χ2v) is 6.20. The van der Waals surface area contributed by atoms with Crippen molar-refractivity contribution >= 4 is 5.91 Å². The van der Waals surface area contributed by atoms with Crippen LogP contribution < -0.4 is 4.74 Å². The van der Waals surface area contributed by atoms with Crippen molar-refractivity contribution in [3.05, 3.63) is 54.1 Å². The molecule has 0 unspecified atom stereocenters. The van der Waals surface area contributed by atoms with Crippen LogP contribution in [-0.4, -0.2) is 41.1 Å². The lowest BCUT2D eigenvalue weighted by Gasteiger charge is -2.16. The summed E-state index contributed by atoms with van der Waals surface area (Å²) in [5, 5.41) is 4.06. The largest absolute Gasteiger partial charge is 0.497 e. The molecule has 0 saturated carbocycles. The van der Waals surface area contributed by atoms with E-state index in [4.69, 9.17) is 9.26 Å². The van der Waals surface area contributed by atoms with Crippen LogP contribution in [0.4, 0.5) is 0 Å². The van der Waals surface area contributed by atoms with E-state index in [1.165, 1.54) is 0 Å². The molecule has 0 aliphatic carbocycles. The molecule has 1 fully saturated rings. The molecule has 0 bridgehead atoms. The number of rotatable bonds is 4. The predicted octanol–water partition coefficient (Wildman–Crippen LogP) is 3.65. The summed E-state index contributed by atoms with van der Waals surface area (Å²) in [5.74, 6) is 1.60. The van der Waals surface area contributed by atoms with E-state index < -0.39 is 0 Å². The van der Waals surface area contributed by atoms with E-state index in [-0.39, 0.29) is 5.91 Å². The van der Waals surface area contributed by atoms with Crippen molar-refractivity contribution in [2.24, 2.45) is 0 Å². The highest BCUT2D eigenvalue weighted by molar-refractivity contribution is 6.00. The topological polar surface area (TPSA) is 68.5 Å². The Morgan fingerprint density at radius 2 is 1.81 bits per heavy atom. The molecule has 0 atom stereocenters. The van der Waals surface area contributed by atoms with Gasteiger partial charge >= 0.3 is 0 Å². The van der Waals surface area contributed by atoms with Gasteiger partial charge in [0.1, 0.15) is 5.75 Å². The van der Waals surface area contributed by atoms with Crippen molar-refractivity contribution in [1.82, 2.24) is 15.0 Å². The molecule has 1 amide bonds. The fourth-order valence-electron chi connectivity index (χ4n) is 3.14. The van der Waals surface area contributed by atoms with E-state index in [0.29, 0.717) is 22.8 Å².